The third kappa shape index (κ3) is 4.03. The number of carbonyl (C=O) groups is 2. The average molecular weight is 362 g/mol. The van der Waals surface area contributed by atoms with E-state index in [1.807, 2.05) is 6.07 Å². The van der Waals surface area contributed by atoms with Crippen LogP contribution in [0.2, 0.25) is 5.02 Å². The number of fused-ring (bicyclic) bond motifs is 1. The standard InChI is InChI=1S/C18H16ClNO5/c1-11(25-18(22)13-4-2-3-5-14(13)19)17(21)20-9-12-6-7-15-16(8-12)24-10-23-15/h2-8,11H,9-10H2,1H3,(H,20,21)/t11-/m1/s1. The van der Waals surface area contributed by atoms with Crippen molar-refractivity contribution in [1.82, 2.24) is 5.32 Å². The minimum atomic E-state index is -0.946. The third-order valence-corrected chi connectivity index (χ3v) is 3.98. The first-order chi connectivity index (χ1) is 12.0. The molecule has 1 atom stereocenters. The van der Waals surface area contributed by atoms with Gasteiger partial charge in [0.25, 0.3) is 5.91 Å². The molecule has 1 aliphatic rings. The fraction of sp³-hybridized carbons (Fsp3) is 0.222. The highest BCUT2D eigenvalue weighted by molar-refractivity contribution is 6.33. The van der Waals surface area contributed by atoms with Crippen LogP contribution >= 0.6 is 11.6 Å². The minimum Gasteiger partial charge on any atom is -0.454 e. The Bertz CT molecular complexity index is 808. The van der Waals surface area contributed by atoms with Gasteiger partial charge in [0.15, 0.2) is 17.6 Å². The van der Waals surface area contributed by atoms with E-state index in [1.54, 1.807) is 36.4 Å². The Morgan fingerprint density at radius 3 is 2.76 bits per heavy atom. The Kier molecular flexibility index (Phi) is 5.09. The van der Waals surface area contributed by atoms with Crippen LogP contribution in [0.25, 0.3) is 0 Å². The second-order valence-corrected chi connectivity index (χ2v) is 5.84. The second-order valence-electron chi connectivity index (χ2n) is 5.43. The van der Waals surface area contributed by atoms with E-state index < -0.39 is 18.0 Å². The second kappa shape index (κ2) is 7.44. The van der Waals surface area contributed by atoms with Crippen molar-refractivity contribution in [1.29, 1.82) is 0 Å². The van der Waals surface area contributed by atoms with Gasteiger partial charge in [-0.25, -0.2) is 4.79 Å². The van der Waals surface area contributed by atoms with Crippen LogP contribution in [0.3, 0.4) is 0 Å². The van der Waals surface area contributed by atoms with E-state index in [0.717, 1.165) is 5.56 Å². The van der Waals surface area contributed by atoms with Gasteiger partial charge in [-0.2, -0.15) is 0 Å². The molecule has 0 aromatic heterocycles. The summed E-state index contributed by atoms with van der Waals surface area (Å²) < 4.78 is 15.7. The van der Waals surface area contributed by atoms with Gasteiger partial charge < -0.3 is 19.5 Å². The molecule has 0 bridgehead atoms. The number of ether oxygens (including phenoxy) is 3. The average Bonchev–Trinajstić information content (AvgIpc) is 3.07. The van der Waals surface area contributed by atoms with Crippen molar-refractivity contribution < 1.29 is 23.8 Å². The van der Waals surface area contributed by atoms with E-state index >= 15 is 0 Å². The van der Waals surface area contributed by atoms with E-state index in [-0.39, 0.29) is 23.9 Å². The maximum absolute atomic E-state index is 12.1. The Balaban J connectivity index is 1.54. The molecule has 1 amide bonds. The van der Waals surface area contributed by atoms with Gasteiger partial charge in [-0.15, -0.1) is 0 Å². The van der Waals surface area contributed by atoms with Gasteiger partial charge in [-0.05, 0) is 36.8 Å². The maximum atomic E-state index is 12.1. The van der Waals surface area contributed by atoms with E-state index in [4.69, 9.17) is 25.8 Å². The van der Waals surface area contributed by atoms with Crippen molar-refractivity contribution in [3.8, 4) is 11.5 Å². The topological polar surface area (TPSA) is 73.9 Å². The van der Waals surface area contributed by atoms with Gasteiger partial charge >= 0.3 is 5.97 Å². The van der Waals surface area contributed by atoms with Gasteiger partial charge in [-0.3, -0.25) is 4.79 Å². The van der Waals surface area contributed by atoms with Crippen LogP contribution < -0.4 is 14.8 Å². The smallest absolute Gasteiger partial charge is 0.340 e. The zero-order valence-corrected chi connectivity index (χ0v) is 14.2. The molecule has 0 saturated heterocycles. The molecule has 1 heterocycles. The predicted octanol–water partition coefficient (Wildman–Crippen LogP) is 2.93. The number of carbonyl (C=O) groups excluding carboxylic acids is 2. The molecule has 0 fully saturated rings. The van der Waals surface area contributed by atoms with Crippen LogP contribution in [0, 0.1) is 0 Å². The van der Waals surface area contributed by atoms with Gasteiger partial charge in [0, 0.05) is 6.54 Å². The molecule has 25 heavy (non-hydrogen) atoms. The number of amides is 1. The zero-order chi connectivity index (χ0) is 17.8. The fourth-order valence-electron chi connectivity index (χ4n) is 2.29. The number of benzene rings is 2. The minimum absolute atomic E-state index is 0.195. The normalized spacial score (nSPS) is 13.2. The monoisotopic (exact) mass is 361 g/mol. The highest BCUT2D eigenvalue weighted by Crippen LogP contribution is 2.32. The van der Waals surface area contributed by atoms with Crippen LogP contribution in [0.5, 0.6) is 11.5 Å². The van der Waals surface area contributed by atoms with Crippen LogP contribution in [0.4, 0.5) is 0 Å². The summed E-state index contributed by atoms with van der Waals surface area (Å²) in [6.07, 6.45) is -0.946. The maximum Gasteiger partial charge on any atom is 0.340 e. The lowest BCUT2D eigenvalue weighted by Gasteiger charge is -2.14. The van der Waals surface area contributed by atoms with Crippen molar-refractivity contribution in [2.45, 2.75) is 19.6 Å². The summed E-state index contributed by atoms with van der Waals surface area (Å²) >= 11 is 5.95. The molecule has 2 aromatic rings. The summed E-state index contributed by atoms with van der Waals surface area (Å²) in [5, 5.41) is 2.99. The summed E-state index contributed by atoms with van der Waals surface area (Å²) in [6, 6.07) is 11.9. The number of hydrogen-bond acceptors (Lipinski definition) is 5. The molecule has 7 heteroatoms. The molecule has 0 radical (unpaired) electrons. The lowest BCUT2D eigenvalue weighted by Crippen LogP contribution is -2.35. The van der Waals surface area contributed by atoms with Crippen LogP contribution in [-0.4, -0.2) is 24.8 Å². The van der Waals surface area contributed by atoms with Crippen LogP contribution in [-0.2, 0) is 16.1 Å². The van der Waals surface area contributed by atoms with E-state index in [0.29, 0.717) is 11.5 Å². The van der Waals surface area contributed by atoms with Gasteiger partial charge in [0.1, 0.15) is 0 Å². The highest BCUT2D eigenvalue weighted by Gasteiger charge is 2.20. The fourth-order valence-corrected chi connectivity index (χ4v) is 2.50. The molecule has 130 valence electrons. The molecule has 2 aromatic carbocycles. The summed E-state index contributed by atoms with van der Waals surface area (Å²) in [4.78, 5) is 24.2. The molecule has 0 spiro atoms. The molecular weight excluding hydrogens is 346 g/mol. The Morgan fingerprint density at radius 2 is 1.96 bits per heavy atom. The number of halogens is 1. The van der Waals surface area contributed by atoms with Gasteiger partial charge in [-0.1, -0.05) is 29.8 Å². The van der Waals surface area contributed by atoms with Gasteiger partial charge in [0.05, 0.1) is 10.6 Å². The van der Waals surface area contributed by atoms with Crippen LogP contribution in [0.15, 0.2) is 42.5 Å². The first kappa shape index (κ1) is 17.1. The quantitative estimate of drug-likeness (QED) is 0.829. The first-order valence-corrected chi connectivity index (χ1v) is 8.04. The summed E-state index contributed by atoms with van der Waals surface area (Å²) in [5.74, 6) is 0.274. The summed E-state index contributed by atoms with van der Waals surface area (Å²) in [7, 11) is 0. The van der Waals surface area contributed by atoms with Crippen molar-refractivity contribution >= 4 is 23.5 Å². The van der Waals surface area contributed by atoms with Gasteiger partial charge in [0.2, 0.25) is 6.79 Å². The summed E-state index contributed by atoms with van der Waals surface area (Å²) in [5.41, 5.74) is 1.07. The molecule has 3 rings (SSSR count). The van der Waals surface area contributed by atoms with Crippen molar-refractivity contribution in [2.24, 2.45) is 0 Å². The first-order valence-electron chi connectivity index (χ1n) is 7.66. The lowest BCUT2D eigenvalue weighted by molar-refractivity contribution is -0.129. The molecule has 0 aliphatic carbocycles. The van der Waals surface area contributed by atoms with E-state index in [1.165, 1.54) is 6.92 Å². The largest absolute Gasteiger partial charge is 0.454 e. The number of esters is 1. The van der Waals surface area contributed by atoms with E-state index in [2.05, 4.69) is 5.32 Å². The Labute approximate surface area is 149 Å². The Morgan fingerprint density at radius 1 is 1.20 bits per heavy atom. The molecule has 0 saturated carbocycles. The van der Waals surface area contributed by atoms with E-state index in [9.17, 15) is 9.59 Å². The van der Waals surface area contributed by atoms with Crippen molar-refractivity contribution in [3.63, 3.8) is 0 Å². The molecule has 0 unspecified atom stereocenters. The molecule has 1 aliphatic heterocycles. The molecule has 6 nitrogen and oxygen atoms in total. The third-order valence-electron chi connectivity index (χ3n) is 3.65. The molecule has 1 N–H and O–H groups in total. The number of rotatable bonds is 5. The molecular formula is C18H16ClNO5. The summed E-state index contributed by atoms with van der Waals surface area (Å²) in [6.45, 7) is 1.98. The zero-order valence-electron chi connectivity index (χ0n) is 13.5. The van der Waals surface area contributed by atoms with Crippen molar-refractivity contribution in [2.75, 3.05) is 6.79 Å². The number of hydrogen-bond donors (Lipinski definition) is 1. The van der Waals surface area contributed by atoms with Crippen LogP contribution in [0.1, 0.15) is 22.8 Å². The highest BCUT2D eigenvalue weighted by atomic mass is 35.5. The Hall–Kier alpha value is -2.73. The predicted molar refractivity (Wildman–Crippen MR) is 90.7 cm³/mol. The van der Waals surface area contributed by atoms with Crippen molar-refractivity contribution in [3.05, 3.63) is 58.6 Å². The lowest BCUT2D eigenvalue weighted by atomic mass is 10.2. The SMILES string of the molecule is C[C@@H](OC(=O)c1ccccc1Cl)C(=O)NCc1ccc2c(c1)OCO2. The number of nitrogens with one attached hydrogen (secondary N) is 1.